The number of ether oxygens (including phenoxy) is 1. The summed E-state index contributed by atoms with van der Waals surface area (Å²) in [6.45, 7) is 1.96. The van der Waals surface area contributed by atoms with Gasteiger partial charge in [0, 0.05) is 22.7 Å². The van der Waals surface area contributed by atoms with E-state index in [0.29, 0.717) is 23.9 Å². The summed E-state index contributed by atoms with van der Waals surface area (Å²) in [7, 11) is 1.38. The van der Waals surface area contributed by atoms with Gasteiger partial charge in [-0.3, -0.25) is 14.8 Å². The minimum atomic E-state index is -0.453. The fourth-order valence-corrected chi connectivity index (χ4v) is 4.21. The molecule has 1 fully saturated rings. The van der Waals surface area contributed by atoms with Gasteiger partial charge < -0.3 is 15.2 Å². The Balaban J connectivity index is 1.76. The smallest absolute Gasteiger partial charge is 0.305 e. The van der Waals surface area contributed by atoms with Crippen LogP contribution in [0.4, 0.5) is 5.69 Å². The Labute approximate surface area is 196 Å². The Morgan fingerprint density at radius 3 is 2.81 bits per heavy atom. The van der Waals surface area contributed by atoms with E-state index in [-0.39, 0.29) is 18.4 Å². The highest BCUT2D eigenvalue weighted by Gasteiger charge is 2.35. The Hall–Kier alpha value is -2.58. The third kappa shape index (κ3) is 5.24. The number of carbonyl (C=O) groups is 1. The molecule has 2 aromatic rings. The summed E-state index contributed by atoms with van der Waals surface area (Å²) in [6, 6.07) is 11.0. The van der Waals surface area contributed by atoms with Crippen LogP contribution in [-0.2, 0) is 9.53 Å². The van der Waals surface area contributed by atoms with Crippen LogP contribution in [0.2, 0.25) is 0 Å². The number of nitrogens with zero attached hydrogens (tertiary/aromatic N) is 3. The number of methoxy groups -OCH3 is 1. The molecule has 2 heterocycles. The Morgan fingerprint density at radius 2 is 2.12 bits per heavy atom. The van der Waals surface area contributed by atoms with Crippen LogP contribution in [0.25, 0.3) is 0 Å². The first-order valence-electron chi connectivity index (χ1n) is 10.9. The van der Waals surface area contributed by atoms with Crippen molar-refractivity contribution in [2.24, 2.45) is 15.9 Å². The molecule has 8 heteroatoms. The summed E-state index contributed by atoms with van der Waals surface area (Å²) in [5.41, 5.74) is 3.06. The molecule has 4 rings (SSSR count). The molecule has 32 heavy (non-hydrogen) atoms. The van der Waals surface area contributed by atoms with E-state index in [2.05, 4.69) is 26.2 Å². The zero-order chi connectivity index (χ0) is 22.7. The van der Waals surface area contributed by atoms with Crippen molar-refractivity contribution in [2.45, 2.75) is 50.8 Å². The molecule has 1 aromatic heterocycles. The molecule has 0 spiro atoms. The molecule has 168 valence electrons. The number of esters is 1. The van der Waals surface area contributed by atoms with Gasteiger partial charge in [-0.1, -0.05) is 22.0 Å². The van der Waals surface area contributed by atoms with Crippen molar-refractivity contribution >= 4 is 39.1 Å². The summed E-state index contributed by atoms with van der Waals surface area (Å²) >= 11 is 3.55. The van der Waals surface area contributed by atoms with Crippen LogP contribution in [0.5, 0.6) is 0 Å². The van der Waals surface area contributed by atoms with Crippen molar-refractivity contribution in [1.82, 2.24) is 10.3 Å². The number of aromatic nitrogens is 1. The van der Waals surface area contributed by atoms with Crippen LogP contribution in [0.15, 0.2) is 57.1 Å². The van der Waals surface area contributed by atoms with Crippen LogP contribution in [0.3, 0.4) is 0 Å². The predicted molar refractivity (Wildman–Crippen MR) is 127 cm³/mol. The molecule has 1 aliphatic carbocycles. The molecule has 2 N–H and O–H groups in total. The number of fused-ring (bicyclic) bond motifs is 1. The lowest BCUT2D eigenvalue weighted by atomic mass is 10.0. The number of aliphatic hydroxyl groups excluding tert-OH is 1. The SMILES string of the molecule is COC(=O)CC[C@@H]1N=C(c2ccccn2)c2cc(Br)ccc2N=C1NC(C)C(O)C1CC1. The number of rotatable bonds is 7. The molecule has 0 amide bonds. The lowest BCUT2D eigenvalue weighted by Gasteiger charge is -2.24. The zero-order valence-electron chi connectivity index (χ0n) is 18.2. The summed E-state index contributed by atoms with van der Waals surface area (Å²) in [4.78, 5) is 26.4. The number of hydrogen-bond donors (Lipinski definition) is 2. The number of nitrogens with one attached hydrogen (secondary N) is 1. The maximum atomic E-state index is 11.9. The van der Waals surface area contributed by atoms with Crippen LogP contribution >= 0.6 is 15.9 Å². The summed E-state index contributed by atoms with van der Waals surface area (Å²) in [5, 5.41) is 14.0. The second-order valence-electron chi connectivity index (χ2n) is 8.24. The minimum Gasteiger partial charge on any atom is -0.469 e. The minimum absolute atomic E-state index is 0.188. The largest absolute Gasteiger partial charge is 0.469 e. The van der Waals surface area contributed by atoms with Gasteiger partial charge >= 0.3 is 5.97 Å². The fourth-order valence-electron chi connectivity index (χ4n) is 3.84. The highest BCUT2D eigenvalue weighted by molar-refractivity contribution is 9.10. The normalized spacial score (nSPS) is 19.7. The van der Waals surface area contributed by atoms with Crippen molar-refractivity contribution in [1.29, 1.82) is 0 Å². The van der Waals surface area contributed by atoms with E-state index in [1.165, 1.54) is 7.11 Å². The van der Waals surface area contributed by atoms with Crippen LogP contribution < -0.4 is 5.32 Å². The highest BCUT2D eigenvalue weighted by Crippen LogP contribution is 2.34. The molecule has 3 atom stereocenters. The number of hydrogen-bond acceptors (Lipinski definition) is 7. The first-order chi connectivity index (χ1) is 15.5. The first-order valence-corrected chi connectivity index (χ1v) is 11.6. The van der Waals surface area contributed by atoms with Gasteiger partial charge in [0.2, 0.25) is 0 Å². The van der Waals surface area contributed by atoms with E-state index < -0.39 is 12.1 Å². The highest BCUT2D eigenvalue weighted by atomic mass is 79.9. The molecule has 0 bridgehead atoms. The first kappa shape index (κ1) is 22.6. The van der Waals surface area contributed by atoms with Gasteiger partial charge in [0.05, 0.1) is 36.3 Å². The lowest BCUT2D eigenvalue weighted by Crippen LogP contribution is -2.46. The average Bonchev–Trinajstić information content (AvgIpc) is 3.65. The van der Waals surface area contributed by atoms with Crippen molar-refractivity contribution in [3.63, 3.8) is 0 Å². The molecule has 7 nitrogen and oxygen atoms in total. The van der Waals surface area contributed by atoms with Gasteiger partial charge in [-0.2, -0.15) is 0 Å². The maximum Gasteiger partial charge on any atom is 0.305 e. The van der Waals surface area contributed by atoms with E-state index in [4.69, 9.17) is 14.7 Å². The number of aliphatic imine (C=N–C) groups is 2. The molecule has 2 unspecified atom stereocenters. The molecular formula is C24H27BrN4O3. The van der Waals surface area contributed by atoms with E-state index in [0.717, 1.165) is 34.3 Å². The summed E-state index contributed by atoms with van der Waals surface area (Å²) in [5.74, 6) is 0.665. The summed E-state index contributed by atoms with van der Waals surface area (Å²) < 4.78 is 5.76. The monoisotopic (exact) mass is 498 g/mol. The second-order valence-corrected chi connectivity index (χ2v) is 9.16. The standard InChI is InChI=1S/C24H27BrN4O3/c1-14(23(31)15-6-7-15)27-24-20(10-11-21(30)32-2)28-22(19-5-3-4-12-26-19)17-13-16(25)8-9-18(17)29-24/h3-5,8-9,12-15,20,23,31H,6-7,10-11H2,1-2H3,(H,27,29)/t14?,20-,23?/m0/s1. The van der Waals surface area contributed by atoms with Gasteiger partial charge in [-0.05, 0) is 62.4 Å². The molecule has 2 aliphatic rings. The average molecular weight is 499 g/mol. The molecule has 1 aromatic carbocycles. The van der Waals surface area contributed by atoms with Gasteiger partial charge in [-0.15, -0.1) is 0 Å². The predicted octanol–water partition coefficient (Wildman–Crippen LogP) is 3.80. The van der Waals surface area contributed by atoms with E-state index in [1.54, 1.807) is 6.20 Å². The molecule has 0 radical (unpaired) electrons. The van der Waals surface area contributed by atoms with Crippen molar-refractivity contribution in [3.05, 3.63) is 58.3 Å². The number of amidine groups is 1. The van der Waals surface area contributed by atoms with E-state index in [9.17, 15) is 9.90 Å². The van der Waals surface area contributed by atoms with Gasteiger partial charge in [0.25, 0.3) is 0 Å². The number of carbonyl (C=O) groups excluding carboxylic acids is 1. The quantitative estimate of drug-likeness (QED) is 0.566. The maximum absolute atomic E-state index is 11.9. The van der Waals surface area contributed by atoms with Gasteiger partial charge in [-0.25, -0.2) is 4.99 Å². The lowest BCUT2D eigenvalue weighted by molar-refractivity contribution is -0.140. The fraction of sp³-hybridized carbons (Fsp3) is 0.417. The topological polar surface area (TPSA) is 96.2 Å². The third-order valence-corrected chi connectivity index (χ3v) is 6.30. The van der Waals surface area contributed by atoms with Crippen LogP contribution in [0, 0.1) is 5.92 Å². The van der Waals surface area contributed by atoms with Crippen molar-refractivity contribution < 1.29 is 14.6 Å². The Kier molecular flexibility index (Phi) is 7.01. The number of aliphatic hydroxyl groups is 1. The van der Waals surface area contributed by atoms with E-state index in [1.807, 2.05) is 43.3 Å². The van der Waals surface area contributed by atoms with Gasteiger partial charge in [0.15, 0.2) is 0 Å². The van der Waals surface area contributed by atoms with Crippen molar-refractivity contribution in [2.75, 3.05) is 7.11 Å². The molecule has 0 saturated heterocycles. The van der Waals surface area contributed by atoms with Gasteiger partial charge in [0.1, 0.15) is 11.9 Å². The number of halogens is 1. The molecular weight excluding hydrogens is 472 g/mol. The van der Waals surface area contributed by atoms with Crippen LogP contribution in [0.1, 0.15) is 43.9 Å². The van der Waals surface area contributed by atoms with Crippen molar-refractivity contribution in [3.8, 4) is 0 Å². The molecule has 1 aliphatic heterocycles. The zero-order valence-corrected chi connectivity index (χ0v) is 19.7. The van der Waals surface area contributed by atoms with E-state index >= 15 is 0 Å². The Bertz CT molecular complexity index is 1040. The third-order valence-electron chi connectivity index (χ3n) is 5.81. The van der Waals surface area contributed by atoms with Crippen LogP contribution in [-0.4, -0.2) is 52.9 Å². The molecule has 1 saturated carbocycles. The summed E-state index contributed by atoms with van der Waals surface area (Å²) in [6.07, 6.45) is 4.01. The number of pyridine rings is 1. The Morgan fingerprint density at radius 1 is 1.31 bits per heavy atom. The number of benzene rings is 1. The second kappa shape index (κ2) is 9.92.